The normalized spacial score (nSPS) is 20.5. The van der Waals surface area contributed by atoms with Crippen molar-refractivity contribution in [1.29, 1.82) is 0 Å². The van der Waals surface area contributed by atoms with Gasteiger partial charge < -0.3 is 14.6 Å². The van der Waals surface area contributed by atoms with Crippen LogP contribution < -0.4 is 9.47 Å². The summed E-state index contributed by atoms with van der Waals surface area (Å²) < 4.78 is 39.8. The van der Waals surface area contributed by atoms with Crippen LogP contribution in [0.15, 0.2) is 60.7 Å². The van der Waals surface area contributed by atoms with Crippen LogP contribution >= 0.6 is 11.6 Å². The summed E-state index contributed by atoms with van der Waals surface area (Å²) in [6, 6.07) is 17.6. The first-order chi connectivity index (χ1) is 17.8. The van der Waals surface area contributed by atoms with Crippen molar-refractivity contribution in [3.05, 3.63) is 88.2 Å². The number of allylic oxidation sites excluding steroid dienone is 1. The van der Waals surface area contributed by atoms with E-state index >= 15 is 0 Å². The van der Waals surface area contributed by atoms with E-state index in [1.54, 1.807) is 24.3 Å². The molecule has 3 atom stereocenters. The zero-order valence-corrected chi connectivity index (χ0v) is 21.6. The molecule has 2 unspecified atom stereocenters. The molecule has 5 rings (SSSR count). The van der Waals surface area contributed by atoms with Crippen LogP contribution in [-0.4, -0.2) is 42.4 Å². The highest BCUT2D eigenvalue weighted by Gasteiger charge is 2.30. The Hall–Kier alpha value is -3.09. The second-order valence-corrected chi connectivity index (χ2v) is 10.3. The average Bonchev–Trinajstić information content (AvgIpc) is 3.39. The van der Waals surface area contributed by atoms with Gasteiger partial charge in [0.1, 0.15) is 35.8 Å². The first-order valence-corrected chi connectivity index (χ1v) is 12.9. The molecule has 0 amide bonds. The van der Waals surface area contributed by atoms with E-state index in [4.69, 9.17) is 21.1 Å². The lowest BCUT2D eigenvalue weighted by Gasteiger charge is -2.31. The van der Waals surface area contributed by atoms with Gasteiger partial charge in [-0.1, -0.05) is 29.8 Å². The number of fused-ring (bicyclic) bond motifs is 1. The van der Waals surface area contributed by atoms with Crippen molar-refractivity contribution >= 4 is 22.7 Å². The van der Waals surface area contributed by atoms with Gasteiger partial charge in [-0.15, -0.1) is 0 Å². The smallest absolute Gasteiger partial charge is 0.150 e. The Morgan fingerprint density at radius 3 is 2.62 bits per heavy atom. The lowest BCUT2D eigenvalue weighted by atomic mass is 9.86. The molecule has 4 nitrogen and oxygen atoms in total. The Labute approximate surface area is 221 Å². The summed E-state index contributed by atoms with van der Waals surface area (Å²) in [4.78, 5) is 2.27. The Balaban J connectivity index is 1.39. The number of halogens is 3. The number of nitrogens with zero attached hydrogens (tertiary/aromatic N) is 1. The van der Waals surface area contributed by atoms with Crippen molar-refractivity contribution in [1.82, 2.24) is 4.90 Å². The highest BCUT2D eigenvalue weighted by Crippen LogP contribution is 2.47. The van der Waals surface area contributed by atoms with Gasteiger partial charge in [0.2, 0.25) is 0 Å². The van der Waals surface area contributed by atoms with Crippen molar-refractivity contribution in [3.63, 3.8) is 0 Å². The molecule has 1 saturated heterocycles. The maximum absolute atomic E-state index is 14.4. The first-order valence-electron chi connectivity index (χ1n) is 12.5. The van der Waals surface area contributed by atoms with Gasteiger partial charge in [-0.3, -0.25) is 9.29 Å². The van der Waals surface area contributed by atoms with Gasteiger partial charge in [0.05, 0.1) is 11.7 Å². The fourth-order valence-corrected chi connectivity index (χ4v) is 5.28. The van der Waals surface area contributed by atoms with E-state index in [1.807, 2.05) is 31.2 Å². The van der Waals surface area contributed by atoms with Crippen molar-refractivity contribution in [2.24, 2.45) is 5.92 Å². The number of phenolic OH excluding ortho intramolecular Hbond substituents is 1. The summed E-state index contributed by atoms with van der Waals surface area (Å²) in [7, 11) is 0. The number of hydrogen-bond donors (Lipinski definition) is 1. The van der Waals surface area contributed by atoms with Gasteiger partial charge in [-0.05, 0) is 86.0 Å². The molecular formula is C30H30ClF2NO3. The van der Waals surface area contributed by atoms with Crippen LogP contribution in [0.5, 0.6) is 17.2 Å². The number of rotatable bonds is 7. The minimum absolute atomic E-state index is 0.0539. The number of benzene rings is 3. The predicted octanol–water partition coefficient (Wildman–Crippen LogP) is 7.31. The molecular weight excluding hydrogens is 496 g/mol. The third-order valence-corrected chi connectivity index (χ3v) is 7.65. The van der Waals surface area contributed by atoms with E-state index in [-0.39, 0.29) is 29.4 Å². The standard InChI is InChI=1S/C30H30ClF2NO3/c1-18(34-12-11-20(15-32)16-34)17-36-24-7-3-21(4-8-24)30-29(22-5-9-26(31)27(33)13-22)19(2)25-14-23(35)6-10-28(25)37-30/h3-10,13-14,18,20,30,35H,11-12,15-17H2,1-2H3/t18?,20-,30?/m0/s1. The topological polar surface area (TPSA) is 41.9 Å². The van der Waals surface area contributed by atoms with Crippen LogP contribution in [0.25, 0.3) is 11.1 Å². The molecule has 37 heavy (non-hydrogen) atoms. The average molecular weight is 526 g/mol. The third-order valence-electron chi connectivity index (χ3n) is 7.34. The summed E-state index contributed by atoms with van der Waals surface area (Å²) in [5, 5.41) is 10.1. The summed E-state index contributed by atoms with van der Waals surface area (Å²) in [5.74, 6) is 1.13. The van der Waals surface area contributed by atoms with Crippen LogP contribution in [0.4, 0.5) is 8.78 Å². The van der Waals surface area contributed by atoms with E-state index in [2.05, 4.69) is 11.8 Å². The SMILES string of the molecule is CC1=C(c2ccc(Cl)c(F)c2)C(c2ccc(OCC(C)N3CC[C@@H](CF)C3)cc2)Oc2ccc(O)cc21. The molecule has 7 heteroatoms. The van der Waals surface area contributed by atoms with Crippen LogP contribution in [0.3, 0.4) is 0 Å². The van der Waals surface area contributed by atoms with Gasteiger partial charge in [0.15, 0.2) is 0 Å². The second kappa shape index (κ2) is 10.7. The molecule has 0 saturated carbocycles. The zero-order chi connectivity index (χ0) is 26.1. The molecule has 2 aliphatic rings. The highest BCUT2D eigenvalue weighted by molar-refractivity contribution is 6.30. The Morgan fingerprint density at radius 2 is 1.92 bits per heavy atom. The van der Waals surface area contributed by atoms with E-state index in [1.165, 1.54) is 12.1 Å². The summed E-state index contributed by atoms with van der Waals surface area (Å²) in [6.07, 6.45) is 0.403. The molecule has 2 aliphatic heterocycles. The summed E-state index contributed by atoms with van der Waals surface area (Å²) >= 11 is 5.95. The maximum atomic E-state index is 14.4. The number of likely N-dealkylation sites (tertiary alicyclic amines) is 1. The molecule has 1 N–H and O–H groups in total. The molecule has 2 heterocycles. The Bertz CT molecular complexity index is 1310. The highest BCUT2D eigenvalue weighted by atomic mass is 35.5. The van der Waals surface area contributed by atoms with E-state index in [0.717, 1.165) is 47.5 Å². The molecule has 0 bridgehead atoms. The fourth-order valence-electron chi connectivity index (χ4n) is 5.16. The fraction of sp³-hybridized carbons (Fsp3) is 0.333. The van der Waals surface area contributed by atoms with Gasteiger partial charge in [0, 0.05) is 29.6 Å². The van der Waals surface area contributed by atoms with Gasteiger partial charge >= 0.3 is 0 Å². The van der Waals surface area contributed by atoms with Crippen LogP contribution in [0.2, 0.25) is 5.02 Å². The zero-order valence-electron chi connectivity index (χ0n) is 20.9. The molecule has 0 aromatic heterocycles. The van der Waals surface area contributed by atoms with Gasteiger partial charge in [-0.2, -0.15) is 0 Å². The maximum Gasteiger partial charge on any atom is 0.150 e. The number of hydrogen-bond acceptors (Lipinski definition) is 4. The number of aromatic hydroxyl groups is 1. The monoisotopic (exact) mass is 525 g/mol. The van der Waals surface area contributed by atoms with Crippen molar-refractivity contribution in [3.8, 4) is 17.2 Å². The number of alkyl halides is 1. The quantitative estimate of drug-likeness (QED) is 0.351. The third kappa shape index (κ3) is 5.32. The molecule has 0 aliphatic carbocycles. The Kier molecular flexibility index (Phi) is 7.40. The van der Waals surface area contributed by atoms with Gasteiger partial charge in [-0.25, -0.2) is 4.39 Å². The van der Waals surface area contributed by atoms with Crippen molar-refractivity contribution < 1.29 is 23.4 Å². The van der Waals surface area contributed by atoms with Crippen molar-refractivity contribution in [2.75, 3.05) is 26.4 Å². The number of ether oxygens (including phenoxy) is 2. The molecule has 3 aromatic carbocycles. The minimum atomic E-state index is -0.506. The largest absolute Gasteiger partial charge is 0.508 e. The van der Waals surface area contributed by atoms with Crippen LogP contribution in [0, 0.1) is 11.7 Å². The van der Waals surface area contributed by atoms with Gasteiger partial charge in [0.25, 0.3) is 0 Å². The van der Waals surface area contributed by atoms with Crippen LogP contribution in [0.1, 0.15) is 43.1 Å². The van der Waals surface area contributed by atoms with E-state index in [0.29, 0.717) is 17.9 Å². The molecule has 0 radical (unpaired) electrons. The van der Waals surface area contributed by atoms with Crippen LogP contribution in [-0.2, 0) is 0 Å². The molecule has 3 aromatic rings. The van der Waals surface area contributed by atoms with E-state index in [9.17, 15) is 13.9 Å². The lowest BCUT2D eigenvalue weighted by Crippen LogP contribution is -2.35. The number of phenols is 1. The molecule has 0 spiro atoms. The molecule has 1 fully saturated rings. The summed E-state index contributed by atoms with van der Waals surface area (Å²) in [5.41, 5.74) is 3.98. The lowest BCUT2D eigenvalue weighted by molar-refractivity contribution is 0.165. The summed E-state index contributed by atoms with van der Waals surface area (Å²) in [6.45, 7) is 5.97. The Morgan fingerprint density at radius 1 is 1.14 bits per heavy atom. The first kappa shape index (κ1) is 25.6. The molecule has 194 valence electrons. The minimum Gasteiger partial charge on any atom is -0.508 e. The van der Waals surface area contributed by atoms with Crippen molar-refractivity contribution in [2.45, 2.75) is 32.4 Å². The second-order valence-electron chi connectivity index (χ2n) is 9.88. The van der Waals surface area contributed by atoms with E-state index < -0.39 is 11.9 Å². The predicted molar refractivity (Wildman–Crippen MR) is 142 cm³/mol.